The average molecular weight is 330 g/mol. The van der Waals surface area contributed by atoms with Gasteiger partial charge >= 0.3 is 5.97 Å². The smallest absolute Gasteiger partial charge is 0.341 e. The molecule has 0 aliphatic carbocycles. The number of aromatic nitrogens is 1. The zero-order chi connectivity index (χ0) is 16.9. The molecule has 1 atom stereocenters. The van der Waals surface area contributed by atoms with Crippen LogP contribution in [0.25, 0.3) is 10.9 Å². The molecule has 128 valence electrons. The van der Waals surface area contributed by atoms with Crippen molar-refractivity contribution in [3.8, 4) is 5.75 Å². The number of fused-ring (bicyclic) bond motifs is 1. The van der Waals surface area contributed by atoms with Crippen LogP contribution >= 0.6 is 0 Å². The summed E-state index contributed by atoms with van der Waals surface area (Å²) in [5.41, 5.74) is 1.88. The number of anilines is 1. The second-order valence-corrected chi connectivity index (χ2v) is 5.68. The summed E-state index contributed by atoms with van der Waals surface area (Å²) in [6, 6.07) is 5.83. The first-order valence-electron chi connectivity index (χ1n) is 8.21. The fourth-order valence-electron chi connectivity index (χ4n) is 2.94. The fourth-order valence-corrected chi connectivity index (χ4v) is 2.94. The molecule has 1 aromatic carbocycles. The van der Waals surface area contributed by atoms with Gasteiger partial charge in [0.2, 0.25) is 0 Å². The summed E-state index contributed by atoms with van der Waals surface area (Å²) in [5, 5.41) is 4.30. The number of ether oxygens (including phenoxy) is 3. The number of carbonyl (C=O) groups is 1. The number of para-hydroxylation sites is 1. The Labute approximate surface area is 141 Å². The molecule has 1 N–H and O–H groups in total. The topological polar surface area (TPSA) is 69.7 Å². The van der Waals surface area contributed by atoms with Crippen LogP contribution in [-0.2, 0) is 9.47 Å². The highest BCUT2D eigenvalue weighted by Gasteiger charge is 2.22. The van der Waals surface area contributed by atoms with Crippen molar-refractivity contribution in [3.05, 3.63) is 30.0 Å². The molecule has 3 rings (SSSR count). The highest BCUT2D eigenvalue weighted by molar-refractivity contribution is 6.06. The Morgan fingerprint density at radius 2 is 2.33 bits per heavy atom. The molecule has 0 amide bonds. The van der Waals surface area contributed by atoms with Gasteiger partial charge in [0, 0.05) is 24.2 Å². The molecule has 0 saturated carbocycles. The lowest BCUT2D eigenvalue weighted by Crippen LogP contribution is -2.31. The molecule has 2 heterocycles. The van der Waals surface area contributed by atoms with Gasteiger partial charge in [0.15, 0.2) is 0 Å². The van der Waals surface area contributed by atoms with Crippen LogP contribution in [0.15, 0.2) is 24.4 Å². The van der Waals surface area contributed by atoms with E-state index in [-0.39, 0.29) is 12.0 Å². The first kappa shape index (κ1) is 16.5. The Morgan fingerprint density at radius 3 is 3.04 bits per heavy atom. The van der Waals surface area contributed by atoms with E-state index in [1.54, 1.807) is 20.2 Å². The zero-order valence-corrected chi connectivity index (χ0v) is 14.0. The van der Waals surface area contributed by atoms with Crippen LogP contribution in [0.5, 0.6) is 5.75 Å². The summed E-state index contributed by atoms with van der Waals surface area (Å²) in [7, 11) is 1.61. The molecule has 0 bridgehead atoms. The number of hydrogen-bond donors (Lipinski definition) is 1. The number of esters is 1. The highest BCUT2D eigenvalue weighted by atomic mass is 16.5. The number of nitrogens with zero attached hydrogens (tertiary/aromatic N) is 1. The monoisotopic (exact) mass is 330 g/mol. The van der Waals surface area contributed by atoms with E-state index in [1.807, 2.05) is 18.2 Å². The second-order valence-electron chi connectivity index (χ2n) is 5.68. The number of rotatable bonds is 5. The van der Waals surface area contributed by atoms with Crippen molar-refractivity contribution in [1.82, 2.24) is 4.98 Å². The van der Waals surface area contributed by atoms with Gasteiger partial charge in [0.25, 0.3) is 0 Å². The molecule has 2 aromatic rings. The number of pyridine rings is 1. The molecule has 0 spiro atoms. The molecule has 6 heteroatoms. The van der Waals surface area contributed by atoms with Gasteiger partial charge in [-0.2, -0.15) is 0 Å². The maximum absolute atomic E-state index is 12.3. The number of nitrogens with one attached hydrogen (secondary N) is 1. The van der Waals surface area contributed by atoms with E-state index in [0.717, 1.165) is 30.5 Å². The molecule has 1 aromatic heterocycles. The first-order valence-corrected chi connectivity index (χ1v) is 8.21. The van der Waals surface area contributed by atoms with Gasteiger partial charge in [-0.3, -0.25) is 4.98 Å². The summed E-state index contributed by atoms with van der Waals surface area (Å²) in [5.74, 6) is 0.291. The summed E-state index contributed by atoms with van der Waals surface area (Å²) in [6.45, 7) is 3.52. The average Bonchev–Trinajstić information content (AvgIpc) is 2.62. The lowest BCUT2D eigenvalue weighted by atomic mass is 10.1. The van der Waals surface area contributed by atoms with Crippen LogP contribution in [0.3, 0.4) is 0 Å². The Hall–Kier alpha value is -2.34. The maximum Gasteiger partial charge on any atom is 0.341 e. The number of hydrogen-bond acceptors (Lipinski definition) is 6. The standard InChI is InChI=1S/C18H22N2O4/c1-3-24-18(21)14-10-19-17-13(7-4-8-15(17)22-2)16(14)20-12-6-5-9-23-11-12/h4,7-8,10,12H,3,5-6,9,11H2,1-2H3,(H,19,20). The van der Waals surface area contributed by atoms with Crippen molar-refractivity contribution in [3.63, 3.8) is 0 Å². The Kier molecular flexibility index (Phi) is 5.15. The van der Waals surface area contributed by atoms with Crippen molar-refractivity contribution < 1.29 is 19.0 Å². The lowest BCUT2D eigenvalue weighted by Gasteiger charge is -2.26. The molecule has 6 nitrogen and oxygen atoms in total. The lowest BCUT2D eigenvalue weighted by molar-refractivity contribution is 0.0526. The normalized spacial score (nSPS) is 17.5. The summed E-state index contributed by atoms with van der Waals surface area (Å²) in [6.07, 6.45) is 3.55. The van der Waals surface area contributed by atoms with Gasteiger partial charge < -0.3 is 19.5 Å². The summed E-state index contributed by atoms with van der Waals surface area (Å²) < 4.78 is 16.1. The van der Waals surface area contributed by atoms with Gasteiger partial charge in [-0.05, 0) is 25.8 Å². The highest BCUT2D eigenvalue weighted by Crippen LogP contribution is 2.33. The SMILES string of the molecule is CCOC(=O)c1cnc2c(OC)cccc2c1NC1CCCOC1. The summed E-state index contributed by atoms with van der Waals surface area (Å²) >= 11 is 0. The van der Waals surface area contributed by atoms with E-state index in [2.05, 4.69) is 10.3 Å². The predicted molar refractivity (Wildman–Crippen MR) is 91.7 cm³/mol. The van der Waals surface area contributed by atoms with Crippen molar-refractivity contribution in [2.24, 2.45) is 0 Å². The molecular weight excluding hydrogens is 308 g/mol. The fraction of sp³-hybridized carbons (Fsp3) is 0.444. The molecule has 1 saturated heterocycles. The first-order chi connectivity index (χ1) is 11.7. The Morgan fingerprint density at radius 1 is 1.46 bits per heavy atom. The number of carbonyl (C=O) groups excluding carboxylic acids is 1. The zero-order valence-electron chi connectivity index (χ0n) is 14.0. The van der Waals surface area contributed by atoms with E-state index < -0.39 is 0 Å². The van der Waals surface area contributed by atoms with Gasteiger partial charge in [0.05, 0.1) is 26.0 Å². The third-order valence-electron chi connectivity index (χ3n) is 4.08. The van der Waals surface area contributed by atoms with Crippen LogP contribution < -0.4 is 10.1 Å². The van der Waals surface area contributed by atoms with Crippen LogP contribution in [0.2, 0.25) is 0 Å². The number of methoxy groups -OCH3 is 1. The minimum Gasteiger partial charge on any atom is -0.494 e. The molecule has 0 radical (unpaired) electrons. The van der Waals surface area contributed by atoms with Crippen molar-refractivity contribution in [1.29, 1.82) is 0 Å². The van der Waals surface area contributed by atoms with Crippen LogP contribution in [0.4, 0.5) is 5.69 Å². The largest absolute Gasteiger partial charge is 0.494 e. The predicted octanol–water partition coefficient (Wildman–Crippen LogP) is 3.01. The Balaban J connectivity index is 2.08. The van der Waals surface area contributed by atoms with E-state index in [0.29, 0.717) is 30.0 Å². The Bertz CT molecular complexity index is 726. The molecule has 24 heavy (non-hydrogen) atoms. The van der Waals surface area contributed by atoms with Crippen LogP contribution in [0.1, 0.15) is 30.1 Å². The van der Waals surface area contributed by atoms with E-state index in [9.17, 15) is 4.79 Å². The van der Waals surface area contributed by atoms with Crippen molar-refractivity contribution in [2.75, 3.05) is 32.2 Å². The van der Waals surface area contributed by atoms with Gasteiger partial charge in [0.1, 0.15) is 16.8 Å². The molecule has 1 fully saturated rings. The molecule has 1 aliphatic heterocycles. The second kappa shape index (κ2) is 7.49. The number of benzene rings is 1. The minimum absolute atomic E-state index is 0.156. The van der Waals surface area contributed by atoms with Gasteiger partial charge in [-0.15, -0.1) is 0 Å². The minimum atomic E-state index is -0.381. The van der Waals surface area contributed by atoms with Crippen LogP contribution in [0, 0.1) is 0 Å². The summed E-state index contributed by atoms with van der Waals surface area (Å²) in [4.78, 5) is 16.8. The maximum atomic E-state index is 12.3. The van der Waals surface area contributed by atoms with E-state index >= 15 is 0 Å². The van der Waals surface area contributed by atoms with Gasteiger partial charge in [-0.25, -0.2) is 4.79 Å². The van der Waals surface area contributed by atoms with Crippen molar-refractivity contribution in [2.45, 2.75) is 25.8 Å². The third-order valence-corrected chi connectivity index (χ3v) is 4.08. The van der Waals surface area contributed by atoms with Crippen molar-refractivity contribution >= 4 is 22.6 Å². The quantitative estimate of drug-likeness (QED) is 0.850. The van der Waals surface area contributed by atoms with E-state index in [1.165, 1.54) is 0 Å². The third kappa shape index (κ3) is 3.28. The van der Waals surface area contributed by atoms with Crippen LogP contribution in [-0.4, -0.2) is 43.9 Å². The molecule has 1 unspecified atom stereocenters. The molecular formula is C18H22N2O4. The van der Waals surface area contributed by atoms with Gasteiger partial charge in [-0.1, -0.05) is 12.1 Å². The van der Waals surface area contributed by atoms with E-state index in [4.69, 9.17) is 14.2 Å². The molecule has 1 aliphatic rings.